The van der Waals surface area contributed by atoms with Crippen LogP contribution < -0.4 is 5.32 Å². The first-order valence-corrected chi connectivity index (χ1v) is 10.6. The summed E-state index contributed by atoms with van der Waals surface area (Å²) < 4.78 is 11.4. The molecule has 0 saturated heterocycles. The van der Waals surface area contributed by atoms with Crippen molar-refractivity contribution in [3.8, 4) is 0 Å². The monoisotopic (exact) mass is 402 g/mol. The molecule has 0 bridgehead atoms. The average molecular weight is 403 g/mol. The summed E-state index contributed by atoms with van der Waals surface area (Å²) in [5.74, 6) is 1.44. The highest BCUT2D eigenvalue weighted by molar-refractivity contribution is 7.98. The van der Waals surface area contributed by atoms with Crippen LogP contribution in [-0.2, 0) is 0 Å². The van der Waals surface area contributed by atoms with Gasteiger partial charge in [0.1, 0.15) is 5.52 Å². The summed E-state index contributed by atoms with van der Waals surface area (Å²) in [7, 11) is 0. The predicted octanol–water partition coefficient (Wildman–Crippen LogP) is 5.25. The van der Waals surface area contributed by atoms with Crippen LogP contribution in [0.2, 0.25) is 5.02 Å². The maximum Gasteiger partial charge on any atom is 0.287 e. The Labute approximate surface area is 165 Å². The molecule has 7 heteroatoms. The fourth-order valence-electron chi connectivity index (χ4n) is 4.48. The number of rotatable bonds is 4. The quantitative estimate of drug-likeness (QED) is 0.603. The van der Waals surface area contributed by atoms with E-state index in [2.05, 4.69) is 10.3 Å². The number of oxazole rings is 1. The summed E-state index contributed by atoms with van der Waals surface area (Å²) >= 11 is 7.51. The molecule has 1 N–H and O–H groups in total. The highest BCUT2D eigenvalue weighted by Gasteiger charge is 2.54. The van der Waals surface area contributed by atoms with Crippen molar-refractivity contribution in [3.05, 3.63) is 47.0 Å². The van der Waals surface area contributed by atoms with Gasteiger partial charge in [-0.15, -0.1) is 0 Å². The summed E-state index contributed by atoms with van der Waals surface area (Å²) in [5, 5.41) is 4.51. The lowest BCUT2D eigenvalue weighted by Gasteiger charge is -2.57. The van der Waals surface area contributed by atoms with Gasteiger partial charge in [0.2, 0.25) is 0 Å². The topological polar surface area (TPSA) is 68.3 Å². The van der Waals surface area contributed by atoms with Crippen LogP contribution in [0.3, 0.4) is 0 Å². The number of amides is 1. The first-order chi connectivity index (χ1) is 13.0. The van der Waals surface area contributed by atoms with Crippen molar-refractivity contribution in [2.75, 3.05) is 6.26 Å². The third-order valence-corrected chi connectivity index (χ3v) is 6.63. The lowest BCUT2D eigenvalue weighted by atomic mass is 9.50. The van der Waals surface area contributed by atoms with E-state index < -0.39 is 0 Å². The molecule has 2 aliphatic rings. The van der Waals surface area contributed by atoms with Crippen LogP contribution in [0.5, 0.6) is 0 Å². The van der Waals surface area contributed by atoms with Crippen LogP contribution in [0, 0.1) is 5.41 Å². The molecular formula is C20H19ClN2O3S. The second kappa shape index (κ2) is 6.31. The highest BCUT2D eigenvalue weighted by Crippen LogP contribution is 2.61. The van der Waals surface area contributed by atoms with Gasteiger partial charge in [0.15, 0.2) is 22.3 Å². The molecule has 0 atom stereocenters. The number of carbonyl (C=O) groups is 1. The van der Waals surface area contributed by atoms with Crippen LogP contribution in [0.15, 0.2) is 44.3 Å². The minimum atomic E-state index is -0.123. The van der Waals surface area contributed by atoms with E-state index in [1.165, 1.54) is 11.8 Å². The minimum absolute atomic E-state index is 0.123. The van der Waals surface area contributed by atoms with Gasteiger partial charge in [-0.25, -0.2) is 4.98 Å². The number of aromatic nitrogens is 1. The molecule has 0 unspecified atom stereocenters. The molecule has 5 nitrogen and oxygen atoms in total. The van der Waals surface area contributed by atoms with E-state index in [4.69, 9.17) is 20.4 Å². The zero-order chi connectivity index (χ0) is 18.6. The van der Waals surface area contributed by atoms with Gasteiger partial charge >= 0.3 is 0 Å². The molecule has 2 aliphatic carbocycles. The number of carbonyl (C=O) groups excluding carboxylic acids is 1. The minimum Gasteiger partial charge on any atom is -0.445 e. The molecule has 2 heterocycles. The predicted molar refractivity (Wildman–Crippen MR) is 104 cm³/mol. The fraction of sp³-hybridized carbons (Fsp3) is 0.400. The van der Waals surface area contributed by atoms with Gasteiger partial charge in [0.25, 0.3) is 5.91 Å². The first-order valence-electron chi connectivity index (χ1n) is 9.04. The van der Waals surface area contributed by atoms with Crippen molar-refractivity contribution < 1.29 is 13.6 Å². The summed E-state index contributed by atoms with van der Waals surface area (Å²) in [4.78, 5) is 16.9. The van der Waals surface area contributed by atoms with E-state index in [0.717, 1.165) is 47.8 Å². The summed E-state index contributed by atoms with van der Waals surface area (Å²) in [6, 6.07) is 9.31. The number of hydrogen-bond donors (Lipinski definition) is 1. The standard InChI is InChI=1S/C20H19ClN2O3S/c1-27-17-5-4-16(25-17)18(24)22-13-9-20(10-13)7-11(8-20)19-23-14-6-12(21)2-3-15(14)26-19/h2-6,11,13H,7-10H2,1H3,(H,22,24). The van der Waals surface area contributed by atoms with Gasteiger partial charge in [-0.1, -0.05) is 23.4 Å². The maximum absolute atomic E-state index is 12.3. The van der Waals surface area contributed by atoms with Gasteiger partial charge in [0.05, 0.1) is 0 Å². The number of fused-ring (bicyclic) bond motifs is 1. The van der Waals surface area contributed by atoms with Crippen molar-refractivity contribution in [2.45, 2.75) is 42.7 Å². The van der Waals surface area contributed by atoms with E-state index in [1.807, 2.05) is 30.5 Å². The summed E-state index contributed by atoms with van der Waals surface area (Å²) in [6.45, 7) is 0. The molecular weight excluding hydrogens is 384 g/mol. The maximum atomic E-state index is 12.3. The SMILES string of the molecule is CSc1ccc(C(=O)NC2CC3(C2)CC(c2nc4cc(Cl)ccc4o2)C3)o1. The second-order valence-corrected chi connectivity index (χ2v) is 8.92. The van der Waals surface area contributed by atoms with Crippen LogP contribution >= 0.6 is 23.4 Å². The van der Waals surface area contributed by atoms with Gasteiger partial charge in [0, 0.05) is 17.0 Å². The average Bonchev–Trinajstić information content (AvgIpc) is 3.21. The summed E-state index contributed by atoms with van der Waals surface area (Å²) in [6.07, 6.45) is 6.08. The van der Waals surface area contributed by atoms with Gasteiger partial charge in [-0.2, -0.15) is 0 Å². The second-order valence-electron chi connectivity index (χ2n) is 7.67. The third kappa shape index (κ3) is 3.05. The highest BCUT2D eigenvalue weighted by atomic mass is 35.5. The van der Waals surface area contributed by atoms with Crippen molar-refractivity contribution in [3.63, 3.8) is 0 Å². The smallest absolute Gasteiger partial charge is 0.287 e. The summed E-state index contributed by atoms with van der Waals surface area (Å²) in [5.41, 5.74) is 1.94. The molecule has 2 aromatic heterocycles. The molecule has 1 amide bonds. The Morgan fingerprint density at radius 2 is 2.04 bits per heavy atom. The van der Waals surface area contributed by atoms with Crippen molar-refractivity contribution in [1.82, 2.24) is 10.3 Å². The molecule has 0 radical (unpaired) electrons. The molecule has 27 heavy (non-hydrogen) atoms. The molecule has 140 valence electrons. The number of nitrogens with one attached hydrogen (secondary N) is 1. The van der Waals surface area contributed by atoms with Crippen LogP contribution in [0.4, 0.5) is 0 Å². The van der Waals surface area contributed by atoms with Crippen molar-refractivity contribution in [2.24, 2.45) is 5.41 Å². The Hall–Kier alpha value is -1.92. The molecule has 0 aliphatic heterocycles. The number of thioether (sulfide) groups is 1. The lowest BCUT2D eigenvalue weighted by Crippen LogP contribution is -2.55. The van der Waals surface area contributed by atoms with Crippen molar-refractivity contribution in [1.29, 1.82) is 0 Å². The molecule has 1 spiro atoms. The molecule has 5 rings (SSSR count). The third-order valence-electron chi connectivity index (χ3n) is 5.77. The molecule has 1 aromatic carbocycles. The van der Waals surface area contributed by atoms with E-state index in [-0.39, 0.29) is 11.9 Å². The van der Waals surface area contributed by atoms with Crippen LogP contribution in [0.1, 0.15) is 48.0 Å². The number of hydrogen-bond acceptors (Lipinski definition) is 5. The Balaban J connectivity index is 1.16. The van der Waals surface area contributed by atoms with E-state index >= 15 is 0 Å². The van der Waals surface area contributed by atoms with E-state index in [9.17, 15) is 4.79 Å². The largest absolute Gasteiger partial charge is 0.445 e. The lowest BCUT2D eigenvalue weighted by molar-refractivity contribution is -0.0256. The zero-order valence-corrected chi connectivity index (χ0v) is 16.4. The number of halogens is 1. The Bertz CT molecular complexity index is 1010. The van der Waals surface area contributed by atoms with Gasteiger partial charge in [-0.3, -0.25) is 4.79 Å². The normalized spacial score (nSPS) is 26.7. The Morgan fingerprint density at radius 1 is 1.22 bits per heavy atom. The van der Waals surface area contributed by atoms with E-state index in [0.29, 0.717) is 22.1 Å². The van der Waals surface area contributed by atoms with E-state index in [1.54, 1.807) is 6.07 Å². The first kappa shape index (κ1) is 17.2. The number of nitrogens with zero attached hydrogens (tertiary/aromatic N) is 1. The Morgan fingerprint density at radius 3 is 2.78 bits per heavy atom. The van der Waals surface area contributed by atoms with Crippen LogP contribution in [-0.4, -0.2) is 23.2 Å². The molecule has 2 fully saturated rings. The van der Waals surface area contributed by atoms with Crippen molar-refractivity contribution >= 4 is 40.4 Å². The molecule has 2 saturated carbocycles. The fourth-order valence-corrected chi connectivity index (χ4v) is 5.03. The number of benzene rings is 1. The number of furan rings is 1. The Kier molecular flexibility index (Phi) is 4.02. The van der Waals surface area contributed by atoms with Gasteiger partial charge < -0.3 is 14.2 Å². The zero-order valence-electron chi connectivity index (χ0n) is 14.8. The van der Waals surface area contributed by atoms with Crippen LogP contribution in [0.25, 0.3) is 11.1 Å². The van der Waals surface area contributed by atoms with Gasteiger partial charge in [-0.05, 0) is 67.7 Å². The molecule has 3 aromatic rings.